The van der Waals surface area contributed by atoms with Gasteiger partial charge in [-0.25, -0.2) is 4.68 Å². The first-order valence-corrected chi connectivity index (χ1v) is 10.4. The largest absolute Gasteiger partial charge is 0.476 e. The summed E-state index contributed by atoms with van der Waals surface area (Å²) in [5, 5.41) is 11.2. The maximum atomic E-state index is 13.5. The van der Waals surface area contributed by atoms with Crippen LogP contribution in [0.2, 0.25) is 0 Å². The van der Waals surface area contributed by atoms with Gasteiger partial charge in [-0.1, -0.05) is 18.2 Å². The Bertz CT molecular complexity index is 1090. The first-order chi connectivity index (χ1) is 15.2. The first kappa shape index (κ1) is 19.2. The van der Waals surface area contributed by atoms with Crippen LogP contribution in [0.4, 0.5) is 5.69 Å². The number of piperidine rings is 1. The van der Waals surface area contributed by atoms with Crippen LogP contribution >= 0.6 is 0 Å². The molecule has 2 aliphatic heterocycles. The van der Waals surface area contributed by atoms with Gasteiger partial charge in [-0.3, -0.25) is 9.59 Å². The highest BCUT2D eigenvalue weighted by atomic mass is 16.5. The summed E-state index contributed by atoms with van der Waals surface area (Å²) < 4.78 is 7.52. The van der Waals surface area contributed by atoms with Crippen molar-refractivity contribution >= 4 is 17.5 Å². The molecule has 1 saturated heterocycles. The third-order valence-electron chi connectivity index (χ3n) is 5.67. The average molecular weight is 418 g/mol. The summed E-state index contributed by atoms with van der Waals surface area (Å²) in [6.07, 6.45) is 3.89. The summed E-state index contributed by atoms with van der Waals surface area (Å²) in [4.78, 5) is 30.1. The predicted molar refractivity (Wildman–Crippen MR) is 112 cm³/mol. The first-order valence-electron chi connectivity index (χ1n) is 10.4. The predicted octanol–water partition coefficient (Wildman–Crippen LogP) is 2.08. The van der Waals surface area contributed by atoms with Gasteiger partial charge in [0.15, 0.2) is 6.10 Å². The molecule has 1 unspecified atom stereocenters. The number of hydrogen-bond donors (Lipinski definition) is 0. The topological polar surface area (TPSA) is 93.5 Å². The molecule has 2 amide bonds. The molecule has 0 spiro atoms. The quantitative estimate of drug-likeness (QED) is 0.647. The Balaban J connectivity index is 1.45. The van der Waals surface area contributed by atoms with Gasteiger partial charge in [0, 0.05) is 18.7 Å². The van der Waals surface area contributed by atoms with E-state index in [0.29, 0.717) is 22.7 Å². The van der Waals surface area contributed by atoms with Crippen LogP contribution in [0.1, 0.15) is 29.6 Å². The number of fused-ring (bicyclic) bond motifs is 1. The lowest BCUT2D eigenvalue weighted by molar-refractivity contribution is -0.139. The van der Waals surface area contributed by atoms with Gasteiger partial charge in [0.05, 0.1) is 17.9 Å². The molecule has 1 atom stereocenters. The Hall–Kier alpha value is -3.75. The van der Waals surface area contributed by atoms with Crippen LogP contribution in [0.3, 0.4) is 0 Å². The van der Waals surface area contributed by atoms with Gasteiger partial charge in [-0.2, -0.15) is 0 Å². The van der Waals surface area contributed by atoms with E-state index in [1.807, 2.05) is 29.2 Å². The zero-order valence-corrected chi connectivity index (χ0v) is 16.9. The molecule has 0 bridgehead atoms. The van der Waals surface area contributed by atoms with Crippen LogP contribution < -0.4 is 9.64 Å². The molecule has 0 N–H and O–H groups in total. The van der Waals surface area contributed by atoms with Crippen molar-refractivity contribution < 1.29 is 14.3 Å². The maximum Gasteiger partial charge on any atom is 0.265 e. The summed E-state index contributed by atoms with van der Waals surface area (Å²) in [6.45, 7) is 1.64. The molecule has 158 valence electrons. The standard InChI is InChI=1S/C22H22N6O3/c29-21(16-7-6-8-17(13-16)28-15-23-24-25-28)27-14-20(22(30)26-11-4-1-5-12-26)31-19-10-3-2-9-18(19)27/h2-3,6-10,13,15,20H,1,4-5,11-12,14H2. The molecule has 3 aromatic rings. The number of carbonyl (C=O) groups is 2. The van der Waals surface area contributed by atoms with Gasteiger partial charge >= 0.3 is 0 Å². The molecule has 3 heterocycles. The second-order valence-electron chi connectivity index (χ2n) is 7.68. The van der Waals surface area contributed by atoms with Crippen molar-refractivity contribution in [2.45, 2.75) is 25.4 Å². The monoisotopic (exact) mass is 418 g/mol. The molecular formula is C22H22N6O3. The Morgan fingerprint density at radius 1 is 1.00 bits per heavy atom. The van der Waals surface area contributed by atoms with Crippen LogP contribution in [0.25, 0.3) is 5.69 Å². The summed E-state index contributed by atoms with van der Waals surface area (Å²) in [5.41, 5.74) is 1.82. The third-order valence-corrected chi connectivity index (χ3v) is 5.67. The summed E-state index contributed by atoms with van der Waals surface area (Å²) in [5.74, 6) is 0.269. The van der Waals surface area contributed by atoms with Crippen molar-refractivity contribution in [3.8, 4) is 11.4 Å². The normalized spacial score (nSPS) is 18.3. The summed E-state index contributed by atoms with van der Waals surface area (Å²) in [6, 6.07) is 14.4. The lowest BCUT2D eigenvalue weighted by Gasteiger charge is -2.37. The van der Waals surface area contributed by atoms with Crippen LogP contribution in [0, 0.1) is 0 Å². The highest BCUT2D eigenvalue weighted by Gasteiger charge is 2.36. The van der Waals surface area contributed by atoms with Crippen molar-refractivity contribution in [3.63, 3.8) is 0 Å². The second-order valence-corrected chi connectivity index (χ2v) is 7.68. The zero-order valence-electron chi connectivity index (χ0n) is 16.9. The molecule has 0 saturated carbocycles. The fourth-order valence-electron chi connectivity index (χ4n) is 4.09. The minimum absolute atomic E-state index is 0.0607. The summed E-state index contributed by atoms with van der Waals surface area (Å²) >= 11 is 0. The van der Waals surface area contributed by atoms with Crippen molar-refractivity contribution in [2.75, 3.05) is 24.5 Å². The van der Waals surface area contributed by atoms with Gasteiger partial charge in [0.2, 0.25) is 0 Å². The number of carbonyl (C=O) groups excluding carboxylic acids is 2. The lowest BCUT2D eigenvalue weighted by Crippen LogP contribution is -2.52. The smallest absolute Gasteiger partial charge is 0.265 e. The molecule has 1 fully saturated rings. The molecule has 5 rings (SSSR count). The zero-order chi connectivity index (χ0) is 21.2. The minimum atomic E-state index is -0.723. The Kier molecular flexibility index (Phi) is 5.07. The molecule has 2 aliphatic rings. The van der Waals surface area contributed by atoms with E-state index in [0.717, 1.165) is 32.4 Å². The SMILES string of the molecule is O=C(C1CN(C(=O)c2cccc(-n3cnnn3)c2)c2ccccc2O1)N1CCCCC1. The molecule has 2 aromatic carbocycles. The van der Waals surface area contributed by atoms with Crippen molar-refractivity contribution in [2.24, 2.45) is 0 Å². The van der Waals surface area contributed by atoms with Crippen LogP contribution in [-0.2, 0) is 4.79 Å². The highest BCUT2D eigenvalue weighted by molar-refractivity contribution is 6.08. The van der Waals surface area contributed by atoms with Crippen molar-refractivity contribution in [3.05, 3.63) is 60.4 Å². The van der Waals surface area contributed by atoms with E-state index in [1.165, 1.54) is 11.0 Å². The number of likely N-dealkylation sites (tertiary alicyclic amines) is 1. The maximum absolute atomic E-state index is 13.5. The second kappa shape index (κ2) is 8.17. The van der Waals surface area contributed by atoms with Gasteiger partial charge in [-0.05, 0) is 60.0 Å². The third kappa shape index (κ3) is 3.74. The molecule has 9 nitrogen and oxygen atoms in total. The number of rotatable bonds is 3. The molecule has 1 aromatic heterocycles. The Morgan fingerprint density at radius 2 is 1.84 bits per heavy atom. The van der Waals surface area contributed by atoms with E-state index in [1.54, 1.807) is 29.2 Å². The molecule has 9 heteroatoms. The highest BCUT2D eigenvalue weighted by Crippen LogP contribution is 2.34. The molecular weight excluding hydrogens is 396 g/mol. The fraction of sp³-hybridized carbons (Fsp3) is 0.318. The van der Waals surface area contributed by atoms with Crippen molar-refractivity contribution in [1.29, 1.82) is 0 Å². The molecule has 0 radical (unpaired) electrons. The molecule has 31 heavy (non-hydrogen) atoms. The number of nitrogens with zero attached hydrogens (tertiary/aromatic N) is 6. The number of anilines is 1. The summed E-state index contributed by atoms with van der Waals surface area (Å²) in [7, 11) is 0. The number of para-hydroxylation sites is 2. The number of amides is 2. The van der Waals surface area contributed by atoms with Crippen LogP contribution in [0.15, 0.2) is 54.9 Å². The van der Waals surface area contributed by atoms with Gasteiger partial charge < -0.3 is 14.5 Å². The number of benzene rings is 2. The number of aromatic nitrogens is 4. The van der Waals surface area contributed by atoms with E-state index in [-0.39, 0.29) is 18.4 Å². The fourth-order valence-corrected chi connectivity index (χ4v) is 4.09. The van der Waals surface area contributed by atoms with Gasteiger partial charge in [0.25, 0.3) is 11.8 Å². The van der Waals surface area contributed by atoms with Crippen LogP contribution in [-0.4, -0.2) is 62.7 Å². The van der Waals surface area contributed by atoms with Crippen LogP contribution in [0.5, 0.6) is 5.75 Å². The average Bonchev–Trinajstić information content (AvgIpc) is 3.38. The Labute approximate surface area is 179 Å². The van der Waals surface area contributed by atoms with E-state index in [2.05, 4.69) is 15.5 Å². The number of hydrogen-bond acceptors (Lipinski definition) is 6. The van der Waals surface area contributed by atoms with E-state index in [4.69, 9.17) is 4.74 Å². The lowest BCUT2D eigenvalue weighted by atomic mass is 10.1. The van der Waals surface area contributed by atoms with E-state index >= 15 is 0 Å². The number of tetrazole rings is 1. The van der Waals surface area contributed by atoms with Gasteiger partial charge in [-0.15, -0.1) is 5.10 Å². The Morgan fingerprint density at radius 3 is 2.65 bits per heavy atom. The van der Waals surface area contributed by atoms with E-state index in [9.17, 15) is 9.59 Å². The number of ether oxygens (including phenoxy) is 1. The van der Waals surface area contributed by atoms with E-state index < -0.39 is 6.10 Å². The van der Waals surface area contributed by atoms with Gasteiger partial charge in [0.1, 0.15) is 12.1 Å². The minimum Gasteiger partial charge on any atom is -0.476 e. The molecule has 0 aliphatic carbocycles. The van der Waals surface area contributed by atoms with Crippen molar-refractivity contribution in [1.82, 2.24) is 25.1 Å².